The summed E-state index contributed by atoms with van der Waals surface area (Å²) < 4.78 is 1.58. The first-order valence-electron chi connectivity index (χ1n) is 7.25. The highest BCUT2D eigenvalue weighted by molar-refractivity contribution is 6.32. The maximum atomic E-state index is 12.3. The number of pyridine rings is 1. The first-order valence-corrected chi connectivity index (χ1v) is 7.63. The van der Waals surface area contributed by atoms with Crippen molar-refractivity contribution in [2.24, 2.45) is 0 Å². The number of hydrogen-bond donors (Lipinski definition) is 1. The summed E-state index contributed by atoms with van der Waals surface area (Å²) in [4.78, 5) is 17.8. The minimum Gasteiger partial charge on any atom is -0.338 e. The second-order valence-corrected chi connectivity index (χ2v) is 5.06. The molecule has 0 saturated heterocycles. The molecular formula is C15H17ClN6O. The van der Waals surface area contributed by atoms with E-state index in [0.29, 0.717) is 31.6 Å². The third-order valence-electron chi connectivity index (χ3n) is 3.16. The number of amides is 2. The standard InChI is InChI=1S/C15H17ClN6O/c1-2-21(15(23)19-9-4-3-7-17)13-11-22(20-14(13)16)12-6-5-8-18-10-12/h5-6,8,10-11H,2-4,9H2,1H3,(H,19,23). The number of halogens is 1. The van der Waals surface area contributed by atoms with E-state index in [4.69, 9.17) is 16.9 Å². The van der Waals surface area contributed by atoms with Gasteiger partial charge in [0.1, 0.15) is 5.69 Å². The molecule has 2 heterocycles. The molecule has 0 aliphatic heterocycles. The summed E-state index contributed by atoms with van der Waals surface area (Å²) in [5, 5.41) is 15.7. The molecule has 0 unspecified atom stereocenters. The molecule has 2 aromatic rings. The van der Waals surface area contributed by atoms with E-state index in [1.165, 1.54) is 4.90 Å². The molecule has 0 radical (unpaired) electrons. The summed E-state index contributed by atoms with van der Waals surface area (Å²) in [6.07, 6.45) is 6.04. The van der Waals surface area contributed by atoms with Crippen LogP contribution in [0.4, 0.5) is 10.5 Å². The van der Waals surface area contributed by atoms with E-state index >= 15 is 0 Å². The molecule has 120 valence electrons. The third kappa shape index (κ3) is 4.20. The van der Waals surface area contributed by atoms with E-state index in [9.17, 15) is 4.79 Å². The van der Waals surface area contributed by atoms with E-state index in [1.54, 1.807) is 29.3 Å². The fraction of sp³-hybridized carbons (Fsp3) is 0.333. The zero-order valence-electron chi connectivity index (χ0n) is 12.7. The lowest BCUT2D eigenvalue weighted by Crippen LogP contribution is -2.40. The minimum absolute atomic E-state index is 0.239. The van der Waals surface area contributed by atoms with Crippen LogP contribution in [0.25, 0.3) is 5.69 Å². The van der Waals surface area contributed by atoms with Crippen LogP contribution in [0.1, 0.15) is 19.8 Å². The van der Waals surface area contributed by atoms with E-state index in [0.717, 1.165) is 5.69 Å². The van der Waals surface area contributed by atoms with Gasteiger partial charge in [-0.15, -0.1) is 0 Å². The van der Waals surface area contributed by atoms with Crippen molar-refractivity contribution in [3.8, 4) is 11.8 Å². The molecule has 0 aliphatic carbocycles. The molecule has 7 nitrogen and oxygen atoms in total. The van der Waals surface area contributed by atoms with Gasteiger partial charge in [-0.05, 0) is 25.5 Å². The molecule has 0 atom stereocenters. The number of carbonyl (C=O) groups excluding carboxylic acids is 1. The van der Waals surface area contributed by atoms with Crippen molar-refractivity contribution in [3.63, 3.8) is 0 Å². The highest BCUT2D eigenvalue weighted by Gasteiger charge is 2.19. The predicted octanol–water partition coefficient (Wildman–Crippen LogP) is 2.76. The summed E-state index contributed by atoms with van der Waals surface area (Å²) in [7, 11) is 0. The number of aromatic nitrogens is 3. The number of urea groups is 1. The van der Waals surface area contributed by atoms with Crippen molar-refractivity contribution < 1.29 is 4.79 Å². The lowest BCUT2D eigenvalue weighted by Gasteiger charge is -2.19. The summed E-state index contributed by atoms with van der Waals surface area (Å²) in [5.41, 5.74) is 1.28. The molecule has 2 aromatic heterocycles. The second kappa shape index (κ2) is 8.15. The molecule has 0 aromatic carbocycles. The van der Waals surface area contributed by atoms with Gasteiger partial charge in [-0.1, -0.05) is 11.6 Å². The Morgan fingerprint density at radius 1 is 1.57 bits per heavy atom. The first-order chi connectivity index (χ1) is 11.2. The summed E-state index contributed by atoms with van der Waals surface area (Å²) in [5.74, 6) is 0. The minimum atomic E-state index is -0.266. The largest absolute Gasteiger partial charge is 0.338 e. The maximum Gasteiger partial charge on any atom is 0.322 e. The van der Waals surface area contributed by atoms with Gasteiger partial charge in [0.15, 0.2) is 5.15 Å². The van der Waals surface area contributed by atoms with Crippen LogP contribution in [-0.2, 0) is 0 Å². The van der Waals surface area contributed by atoms with Crippen LogP contribution in [-0.4, -0.2) is 33.9 Å². The first kappa shape index (κ1) is 16.8. The van der Waals surface area contributed by atoms with Crippen molar-refractivity contribution in [2.75, 3.05) is 18.0 Å². The molecule has 1 N–H and O–H groups in total. The van der Waals surface area contributed by atoms with Crippen LogP contribution < -0.4 is 10.2 Å². The molecule has 0 spiro atoms. The molecule has 2 rings (SSSR count). The normalized spacial score (nSPS) is 10.1. The predicted molar refractivity (Wildman–Crippen MR) is 87.6 cm³/mol. The molecule has 2 amide bonds. The Hall–Kier alpha value is -2.59. The lowest BCUT2D eigenvalue weighted by atomic mass is 10.3. The van der Waals surface area contributed by atoms with E-state index in [-0.39, 0.29) is 11.2 Å². The van der Waals surface area contributed by atoms with Gasteiger partial charge in [0, 0.05) is 25.7 Å². The van der Waals surface area contributed by atoms with E-state index in [1.807, 2.05) is 19.1 Å². The molecule has 0 saturated carbocycles. The smallest absolute Gasteiger partial charge is 0.322 e. The van der Waals surface area contributed by atoms with Crippen molar-refractivity contribution >= 4 is 23.3 Å². The number of rotatable bonds is 6. The Morgan fingerprint density at radius 3 is 3.04 bits per heavy atom. The van der Waals surface area contributed by atoms with Gasteiger partial charge in [0.2, 0.25) is 0 Å². The number of nitriles is 1. The fourth-order valence-electron chi connectivity index (χ4n) is 2.03. The number of hydrogen-bond acceptors (Lipinski definition) is 4. The molecule has 23 heavy (non-hydrogen) atoms. The Morgan fingerprint density at radius 2 is 2.39 bits per heavy atom. The Labute approximate surface area is 139 Å². The van der Waals surface area contributed by atoms with Gasteiger partial charge in [0.05, 0.1) is 24.2 Å². The second-order valence-electron chi connectivity index (χ2n) is 4.70. The molecule has 0 fully saturated rings. The maximum absolute atomic E-state index is 12.3. The SMILES string of the molecule is CCN(C(=O)NCCCC#N)c1cn(-c2cccnc2)nc1Cl. The summed E-state index contributed by atoms with van der Waals surface area (Å²) >= 11 is 6.18. The van der Waals surface area contributed by atoms with Crippen molar-refractivity contribution in [3.05, 3.63) is 35.9 Å². The molecule has 0 bridgehead atoms. The van der Waals surface area contributed by atoms with Crippen LogP contribution in [0.2, 0.25) is 5.15 Å². The topological polar surface area (TPSA) is 86.8 Å². The van der Waals surface area contributed by atoms with Gasteiger partial charge < -0.3 is 5.32 Å². The molecular weight excluding hydrogens is 316 g/mol. The van der Waals surface area contributed by atoms with Crippen LogP contribution in [0.15, 0.2) is 30.7 Å². The summed E-state index contributed by atoms with van der Waals surface area (Å²) in [6, 6.07) is 5.42. The van der Waals surface area contributed by atoms with Crippen LogP contribution in [0.5, 0.6) is 0 Å². The van der Waals surface area contributed by atoms with Gasteiger partial charge in [-0.25, -0.2) is 9.48 Å². The molecule has 8 heteroatoms. The fourth-order valence-corrected chi connectivity index (χ4v) is 2.26. The lowest BCUT2D eigenvalue weighted by molar-refractivity contribution is 0.246. The third-order valence-corrected chi connectivity index (χ3v) is 3.42. The average Bonchev–Trinajstić information content (AvgIpc) is 2.95. The number of carbonyl (C=O) groups is 1. The highest BCUT2D eigenvalue weighted by atomic mass is 35.5. The Bertz CT molecular complexity index is 694. The Kier molecular flexibility index (Phi) is 5.94. The number of nitrogens with one attached hydrogen (secondary N) is 1. The summed E-state index contributed by atoms with van der Waals surface area (Å²) in [6.45, 7) is 2.74. The number of nitrogens with zero attached hydrogens (tertiary/aromatic N) is 5. The van der Waals surface area contributed by atoms with Crippen LogP contribution in [0.3, 0.4) is 0 Å². The van der Waals surface area contributed by atoms with E-state index < -0.39 is 0 Å². The van der Waals surface area contributed by atoms with Gasteiger partial charge in [-0.3, -0.25) is 9.88 Å². The van der Waals surface area contributed by atoms with Crippen molar-refractivity contribution in [1.82, 2.24) is 20.1 Å². The van der Waals surface area contributed by atoms with E-state index in [2.05, 4.69) is 15.4 Å². The number of unbranched alkanes of at least 4 members (excludes halogenated alkanes) is 1. The molecule has 0 aliphatic rings. The quantitative estimate of drug-likeness (QED) is 0.824. The van der Waals surface area contributed by atoms with Gasteiger partial charge >= 0.3 is 6.03 Å². The zero-order valence-corrected chi connectivity index (χ0v) is 13.5. The average molecular weight is 333 g/mol. The van der Waals surface area contributed by atoms with Crippen molar-refractivity contribution in [1.29, 1.82) is 5.26 Å². The van der Waals surface area contributed by atoms with Crippen LogP contribution in [0, 0.1) is 11.3 Å². The van der Waals surface area contributed by atoms with Crippen molar-refractivity contribution in [2.45, 2.75) is 19.8 Å². The zero-order chi connectivity index (χ0) is 16.7. The Balaban J connectivity index is 2.14. The van der Waals surface area contributed by atoms with Gasteiger partial charge in [-0.2, -0.15) is 10.4 Å². The number of anilines is 1. The highest BCUT2D eigenvalue weighted by Crippen LogP contribution is 2.25. The van der Waals surface area contributed by atoms with Crippen LogP contribution >= 0.6 is 11.6 Å². The monoisotopic (exact) mass is 332 g/mol. The van der Waals surface area contributed by atoms with Gasteiger partial charge in [0.25, 0.3) is 0 Å².